The summed E-state index contributed by atoms with van der Waals surface area (Å²) in [6, 6.07) is 14.8. The van der Waals surface area contributed by atoms with Gasteiger partial charge in [-0.3, -0.25) is 9.52 Å². The zero-order valence-corrected chi connectivity index (χ0v) is 17.2. The molecule has 1 heterocycles. The average Bonchev–Trinajstić information content (AvgIpc) is 2.75. The molecule has 0 aromatic heterocycles. The van der Waals surface area contributed by atoms with Crippen molar-refractivity contribution in [2.24, 2.45) is 0 Å². The molecule has 0 aliphatic carbocycles. The fourth-order valence-electron chi connectivity index (χ4n) is 3.51. The second-order valence-corrected chi connectivity index (χ2v) is 9.09. The number of anilines is 1. The highest BCUT2D eigenvalue weighted by molar-refractivity contribution is 7.92. The van der Waals surface area contributed by atoms with Crippen LogP contribution < -0.4 is 4.72 Å². The van der Waals surface area contributed by atoms with Crippen molar-refractivity contribution in [1.29, 1.82) is 5.26 Å². The number of carbonyl (C=O) groups excluding carboxylic acids is 1. The van der Waals surface area contributed by atoms with Gasteiger partial charge in [-0.05, 0) is 68.0 Å². The minimum atomic E-state index is -3.51. The Balaban J connectivity index is 1.68. The van der Waals surface area contributed by atoms with E-state index in [4.69, 9.17) is 5.26 Å². The van der Waals surface area contributed by atoms with Gasteiger partial charge in [-0.2, -0.15) is 5.26 Å². The van der Waals surface area contributed by atoms with Crippen LogP contribution in [0.5, 0.6) is 0 Å². The molecule has 1 N–H and O–H groups in total. The molecule has 1 radical (unpaired) electrons. The van der Waals surface area contributed by atoms with Crippen LogP contribution in [0.2, 0.25) is 0 Å². The van der Waals surface area contributed by atoms with Crippen molar-refractivity contribution in [2.45, 2.75) is 25.7 Å². The van der Waals surface area contributed by atoms with E-state index in [0.717, 1.165) is 18.4 Å². The fourth-order valence-corrected chi connectivity index (χ4v) is 4.17. The first-order chi connectivity index (χ1) is 13.8. The first-order valence-corrected chi connectivity index (χ1v) is 11.2. The van der Waals surface area contributed by atoms with Gasteiger partial charge in [0, 0.05) is 18.7 Å². The van der Waals surface area contributed by atoms with Crippen molar-refractivity contribution in [1.82, 2.24) is 4.90 Å². The number of carbonyl (C=O) groups is 1. The lowest BCUT2D eigenvalue weighted by molar-refractivity contribution is 0.0713. The molecule has 2 aromatic carbocycles. The van der Waals surface area contributed by atoms with Crippen LogP contribution in [0.25, 0.3) is 0 Å². The second-order valence-electron chi connectivity index (χ2n) is 7.25. The Morgan fingerprint density at radius 1 is 1.21 bits per heavy atom. The number of aryl methyl sites for hydroxylation is 1. The molecule has 1 amide bonds. The Morgan fingerprint density at radius 2 is 1.86 bits per heavy atom. The standard InChI is InChI=1S/C22H24N3O3S/c1-3-29(27,28)24-21-14-20(7-4-16(21)2)22(26)25-12-10-19(11-13-25)18-8-5-17(15-23)6-9-18/h4-9,14,19,24H,1,3,10-13H2,2H3. The summed E-state index contributed by atoms with van der Waals surface area (Å²) in [5, 5.41) is 8.92. The van der Waals surface area contributed by atoms with Crippen LogP contribution in [0.15, 0.2) is 42.5 Å². The van der Waals surface area contributed by atoms with Gasteiger partial charge >= 0.3 is 0 Å². The summed E-state index contributed by atoms with van der Waals surface area (Å²) in [5.41, 5.74) is 3.46. The van der Waals surface area contributed by atoms with Crippen molar-refractivity contribution in [3.05, 3.63) is 71.6 Å². The smallest absolute Gasteiger partial charge is 0.253 e. The Bertz CT molecular complexity index is 1030. The van der Waals surface area contributed by atoms with Crippen molar-refractivity contribution in [3.8, 4) is 6.07 Å². The molecule has 2 aromatic rings. The Hall–Kier alpha value is -2.85. The predicted molar refractivity (Wildman–Crippen MR) is 113 cm³/mol. The number of sulfonamides is 1. The molecule has 151 valence electrons. The molecule has 1 aliphatic rings. The minimum Gasteiger partial charge on any atom is -0.339 e. The van der Waals surface area contributed by atoms with E-state index in [1.807, 2.05) is 29.2 Å². The Kier molecular flexibility index (Phi) is 6.23. The van der Waals surface area contributed by atoms with Gasteiger partial charge in [0.2, 0.25) is 10.0 Å². The number of nitrogens with zero attached hydrogens (tertiary/aromatic N) is 2. The summed E-state index contributed by atoms with van der Waals surface area (Å²) in [7, 11) is -3.51. The van der Waals surface area contributed by atoms with Crippen LogP contribution >= 0.6 is 0 Å². The van der Waals surface area contributed by atoms with Crippen LogP contribution in [0.3, 0.4) is 0 Å². The molecular weight excluding hydrogens is 386 g/mol. The highest BCUT2D eigenvalue weighted by Gasteiger charge is 2.25. The first kappa shape index (κ1) is 20.9. The van der Waals surface area contributed by atoms with Crippen LogP contribution in [0.1, 0.15) is 45.8 Å². The molecule has 6 nitrogen and oxygen atoms in total. The monoisotopic (exact) mass is 410 g/mol. The molecule has 1 saturated heterocycles. The van der Waals surface area contributed by atoms with E-state index in [0.29, 0.717) is 35.8 Å². The minimum absolute atomic E-state index is 0.0988. The molecule has 0 spiro atoms. The molecule has 29 heavy (non-hydrogen) atoms. The van der Waals surface area contributed by atoms with Gasteiger partial charge in [0.25, 0.3) is 5.91 Å². The topological polar surface area (TPSA) is 90.3 Å². The van der Waals surface area contributed by atoms with Gasteiger partial charge in [-0.1, -0.05) is 18.2 Å². The largest absolute Gasteiger partial charge is 0.339 e. The quantitative estimate of drug-likeness (QED) is 0.817. The number of hydrogen-bond donors (Lipinski definition) is 1. The van der Waals surface area contributed by atoms with Crippen LogP contribution in [-0.4, -0.2) is 38.1 Å². The summed E-state index contributed by atoms with van der Waals surface area (Å²) in [6.45, 7) is 6.48. The third kappa shape index (κ3) is 4.96. The zero-order valence-electron chi connectivity index (χ0n) is 16.4. The molecule has 0 saturated carbocycles. The SMILES string of the molecule is [CH2]CS(=O)(=O)Nc1cc(C(=O)N2CCC(c3ccc(C#N)cc3)CC2)ccc1C. The number of hydrogen-bond acceptors (Lipinski definition) is 4. The van der Waals surface area contributed by atoms with E-state index in [1.54, 1.807) is 25.1 Å². The van der Waals surface area contributed by atoms with Crippen LogP contribution in [0, 0.1) is 25.2 Å². The predicted octanol–water partition coefficient (Wildman–Crippen LogP) is 3.46. The average molecular weight is 411 g/mol. The van der Waals surface area contributed by atoms with Crippen molar-refractivity contribution >= 4 is 21.6 Å². The molecule has 0 atom stereocenters. The molecule has 1 aliphatic heterocycles. The van der Waals surface area contributed by atoms with Gasteiger partial charge in [0.1, 0.15) is 0 Å². The Labute approximate surface area is 172 Å². The van der Waals surface area contributed by atoms with Crippen LogP contribution in [0.4, 0.5) is 5.69 Å². The number of rotatable bonds is 5. The van der Waals surface area contributed by atoms with Crippen LogP contribution in [-0.2, 0) is 10.0 Å². The highest BCUT2D eigenvalue weighted by Crippen LogP contribution is 2.29. The molecular formula is C22H24N3O3S. The lowest BCUT2D eigenvalue weighted by Gasteiger charge is -2.32. The maximum atomic E-state index is 12.9. The molecule has 1 fully saturated rings. The lowest BCUT2D eigenvalue weighted by Crippen LogP contribution is -2.38. The Morgan fingerprint density at radius 3 is 2.45 bits per heavy atom. The summed E-state index contributed by atoms with van der Waals surface area (Å²) in [6.07, 6.45) is 1.70. The summed E-state index contributed by atoms with van der Waals surface area (Å²) in [4.78, 5) is 14.7. The van der Waals surface area contributed by atoms with E-state index in [-0.39, 0.29) is 11.7 Å². The number of benzene rings is 2. The molecule has 0 bridgehead atoms. The molecule has 7 heteroatoms. The molecule has 0 unspecified atom stereocenters. The second kappa shape index (κ2) is 8.66. The maximum Gasteiger partial charge on any atom is 0.253 e. The van der Waals surface area contributed by atoms with Crippen molar-refractivity contribution in [3.63, 3.8) is 0 Å². The summed E-state index contributed by atoms with van der Waals surface area (Å²) < 4.78 is 26.1. The zero-order chi connectivity index (χ0) is 21.0. The maximum absolute atomic E-state index is 12.9. The third-order valence-electron chi connectivity index (χ3n) is 5.31. The van der Waals surface area contributed by atoms with Gasteiger partial charge in [-0.15, -0.1) is 0 Å². The third-order valence-corrected chi connectivity index (χ3v) is 6.38. The number of piperidine rings is 1. The van der Waals surface area contributed by atoms with E-state index in [2.05, 4.69) is 17.7 Å². The van der Waals surface area contributed by atoms with E-state index in [1.165, 1.54) is 5.56 Å². The molecule has 3 rings (SSSR count). The van der Waals surface area contributed by atoms with Crippen molar-refractivity contribution < 1.29 is 13.2 Å². The number of nitriles is 1. The number of nitrogens with one attached hydrogen (secondary N) is 1. The highest BCUT2D eigenvalue weighted by atomic mass is 32.2. The van der Waals surface area contributed by atoms with Crippen molar-refractivity contribution in [2.75, 3.05) is 23.6 Å². The number of likely N-dealkylation sites (tertiary alicyclic amines) is 1. The summed E-state index contributed by atoms with van der Waals surface area (Å²) >= 11 is 0. The van der Waals surface area contributed by atoms with Gasteiger partial charge in [0.05, 0.1) is 23.1 Å². The van der Waals surface area contributed by atoms with Gasteiger partial charge in [-0.25, -0.2) is 8.42 Å². The first-order valence-electron chi connectivity index (χ1n) is 9.52. The lowest BCUT2D eigenvalue weighted by atomic mass is 9.89. The van der Waals surface area contributed by atoms with E-state index < -0.39 is 10.0 Å². The summed E-state index contributed by atoms with van der Waals surface area (Å²) in [5.74, 6) is -0.00408. The van der Waals surface area contributed by atoms with Gasteiger partial charge < -0.3 is 4.90 Å². The number of amides is 1. The normalized spacial score (nSPS) is 15.0. The van der Waals surface area contributed by atoms with Gasteiger partial charge in [0.15, 0.2) is 0 Å². The van der Waals surface area contributed by atoms with E-state index in [9.17, 15) is 13.2 Å². The fraction of sp³-hybridized carbons (Fsp3) is 0.318. The van der Waals surface area contributed by atoms with E-state index >= 15 is 0 Å².